The summed E-state index contributed by atoms with van der Waals surface area (Å²) >= 11 is 1.35. The molecule has 0 radical (unpaired) electrons. The van der Waals surface area contributed by atoms with Crippen molar-refractivity contribution >= 4 is 27.5 Å². The van der Waals surface area contributed by atoms with Crippen LogP contribution in [0.1, 0.15) is 6.42 Å². The van der Waals surface area contributed by atoms with Gasteiger partial charge in [0.05, 0.1) is 18.1 Å². The average Bonchev–Trinajstić information content (AvgIpc) is 3.30. The molecule has 0 aliphatic carbocycles. The third-order valence-corrected chi connectivity index (χ3v) is 4.82. The van der Waals surface area contributed by atoms with Crippen LogP contribution in [0.2, 0.25) is 0 Å². The second kappa shape index (κ2) is 6.57. The second-order valence-corrected chi connectivity index (χ2v) is 6.44. The Balaban J connectivity index is 1.98. The third kappa shape index (κ3) is 2.80. The summed E-state index contributed by atoms with van der Waals surface area (Å²) in [5.41, 5.74) is 1.03. The summed E-state index contributed by atoms with van der Waals surface area (Å²) in [7, 11) is 0. The van der Waals surface area contributed by atoms with Crippen molar-refractivity contribution in [3.63, 3.8) is 0 Å². The van der Waals surface area contributed by atoms with Gasteiger partial charge >= 0.3 is 5.97 Å². The van der Waals surface area contributed by atoms with Crippen LogP contribution in [-0.2, 0) is 11.3 Å². The van der Waals surface area contributed by atoms with Gasteiger partial charge in [0.15, 0.2) is 0 Å². The van der Waals surface area contributed by atoms with Crippen molar-refractivity contribution in [2.24, 2.45) is 0 Å². The number of rotatable bonds is 5. The highest BCUT2D eigenvalue weighted by Crippen LogP contribution is 2.32. The molecule has 0 aliphatic rings. The molecule has 130 valence electrons. The second-order valence-electron chi connectivity index (χ2n) is 5.58. The highest BCUT2D eigenvalue weighted by atomic mass is 32.1. The van der Waals surface area contributed by atoms with E-state index in [1.165, 1.54) is 15.9 Å². The minimum atomic E-state index is -0.981. The first kappa shape index (κ1) is 16.2. The van der Waals surface area contributed by atoms with Crippen LogP contribution in [0.5, 0.6) is 0 Å². The SMILES string of the molecule is O=C(O)CCn1c(-c2cccnc2)nc2scc(-c3ccco3)c2c1=O. The van der Waals surface area contributed by atoms with Gasteiger partial charge in [-0.25, -0.2) is 4.98 Å². The summed E-state index contributed by atoms with van der Waals surface area (Å²) < 4.78 is 6.82. The first-order chi connectivity index (χ1) is 12.6. The molecule has 0 spiro atoms. The molecule has 8 heteroatoms. The van der Waals surface area contributed by atoms with E-state index in [0.29, 0.717) is 32.9 Å². The number of fused-ring (bicyclic) bond motifs is 1. The fourth-order valence-electron chi connectivity index (χ4n) is 2.77. The molecular weight excluding hydrogens is 354 g/mol. The maximum atomic E-state index is 13.2. The van der Waals surface area contributed by atoms with Crippen molar-refractivity contribution in [1.82, 2.24) is 14.5 Å². The van der Waals surface area contributed by atoms with Crippen LogP contribution >= 0.6 is 11.3 Å². The van der Waals surface area contributed by atoms with Crippen LogP contribution in [0.25, 0.3) is 32.9 Å². The summed E-state index contributed by atoms with van der Waals surface area (Å²) in [5.74, 6) is 0.00414. The van der Waals surface area contributed by atoms with Gasteiger partial charge in [0, 0.05) is 35.4 Å². The Morgan fingerprint density at radius 2 is 2.19 bits per heavy atom. The summed E-state index contributed by atoms with van der Waals surface area (Å²) in [5, 5.41) is 11.3. The van der Waals surface area contributed by atoms with Crippen LogP contribution in [-0.4, -0.2) is 25.6 Å². The molecule has 0 saturated carbocycles. The van der Waals surface area contributed by atoms with Gasteiger partial charge in [-0.2, -0.15) is 0 Å². The van der Waals surface area contributed by atoms with E-state index in [0.717, 1.165) is 0 Å². The number of carbonyl (C=O) groups is 1. The number of thiophene rings is 1. The molecule has 0 saturated heterocycles. The molecule has 1 N–H and O–H groups in total. The summed E-state index contributed by atoms with van der Waals surface area (Å²) in [4.78, 5) is 33.5. The van der Waals surface area contributed by atoms with Gasteiger partial charge in [0.2, 0.25) is 0 Å². The minimum absolute atomic E-state index is 0.0226. The first-order valence-corrected chi connectivity index (χ1v) is 8.71. The van der Waals surface area contributed by atoms with E-state index in [4.69, 9.17) is 9.52 Å². The van der Waals surface area contributed by atoms with Crippen molar-refractivity contribution in [3.8, 4) is 22.7 Å². The quantitative estimate of drug-likeness (QED) is 0.581. The van der Waals surface area contributed by atoms with Gasteiger partial charge in [-0.1, -0.05) is 0 Å². The smallest absolute Gasteiger partial charge is 0.305 e. The van der Waals surface area contributed by atoms with Gasteiger partial charge in [0.25, 0.3) is 5.56 Å². The lowest BCUT2D eigenvalue weighted by atomic mass is 10.2. The predicted octanol–water partition coefficient (Wildman–Crippen LogP) is 3.25. The van der Waals surface area contributed by atoms with Crippen LogP contribution in [0.15, 0.2) is 57.5 Å². The van der Waals surface area contributed by atoms with Crippen LogP contribution < -0.4 is 5.56 Å². The zero-order chi connectivity index (χ0) is 18.1. The Morgan fingerprint density at radius 1 is 1.31 bits per heavy atom. The number of hydrogen-bond donors (Lipinski definition) is 1. The molecule has 0 bridgehead atoms. The molecule has 0 amide bonds. The van der Waals surface area contributed by atoms with Gasteiger partial charge in [-0.15, -0.1) is 11.3 Å². The molecule has 0 unspecified atom stereocenters. The van der Waals surface area contributed by atoms with E-state index in [9.17, 15) is 9.59 Å². The molecule has 0 aromatic carbocycles. The van der Waals surface area contributed by atoms with Crippen molar-refractivity contribution in [2.75, 3.05) is 0 Å². The topological polar surface area (TPSA) is 98.2 Å². The van der Waals surface area contributed by atoms with Crippen molar-refractivity contribution in [3.05, 3.63) is 58.7 Å². The Morgan fingerprint density at radius 3 is 2.88 bits per heavy atom. The summed E-state index contributed by atoms with van der Waals surface area (Å²) in [6, 6.07) is 7.06. The number of pyridine rings is 1. The minimum Gasteiger partial charge on any atom is -0.481 e. The van der Waals surface area contributed by atoms with E-state index in [1.807, 2.05) is 5.38 Å². The van der Waals surface area contributed by atoms with E-state index in [2.05, 4.69) is 9.97 Å². The lowest BCUT2D eigenvalue weighted by molar-refractivity contribution is -0.137. The van der Waals surface area contributed by atoms with Crippen LogP contribution in [0, 0.1) is 0 Å². The highest BCUT2D eigenvalue weighted by Gasteiger charge is 2.19. The first-order valence-electron chi connectivity index (χ1n) is 7.83. The zero-order valence-corrected chi connectivity index (χ0v) is 14.3. The normalized spacial score (nSPS) is 11.1. The molecule has 4 heterocycles. The molecule has 26 heavy (non-hydrogen) atoms. The Labute approximate surface area is 151 Å². The lowest BCUT2D eigenvalue weighted by Gasteiger charge is -2.11. The monoisotopic (exact) mass is 367 g/mol. The molecule has 4 aromatic heterocycles. The van der Waals surface area contributed by atoms with E-state index < -0.39 is 5.97 Å². The standard InChI is InChI=1S/C18H13N3O4S/c22-14(23)5-7-21-16(11-3-1-6-19-9-11)20-17-15(18(21)24)12(10-26-17)13-4-2-8-25-13/h1-4,6,8-10H,5,7H2,(H,22,23). The maximum Gasteiger partial charge on any atom is 0.305 e. The summed E-state index contributed by atoms with van der Waals surface area (Å²) in [6.07, 6.45) is 4.59. The average molecular weight is 367 g/mol. The van der Waals surface area contributed by atoms with Gasteiger partial charge in [-0.05, 0) is 24.3 Å². The number of carboxylic acid groups (broad SMARTS) is 1. The lowest BCUT2D eigenvalue weighted by Crippen LogP contribution is -2.24. The number of carboxylic acids is 1. The largest absolute Gasteiger partial charge is 0.481 e. The number of furan rings is 1. The van der Waals surface area contributed by atoms with Crippen molar-refractivity contribution in [2.45, 2.75) is 13.0 Å². The van der Waals surface area contributed by atoms with Gasteiger partial charge < -0.3 is 9.52 Å². The number of nitrogens with zero attached hydrogens (tertiary/aromatic N) is 3. The van der Waals surface area contributed by atoms with Gasteiger partial charge in [-0.3, -0.25) is 19.1 Å². The molecule has 7 nitrogen and oxygen atoms in total. The van der Waals surface area contributed by atoms with Crippen LogP contribution in [0.3, 0.4) is 0 Å². The molecule has 4 rings (SSSR count). The fraction of sp³-hybridized carbons (Fsp3) is 0.111. The Bertz CT molecular complexity index is 1130. The Kier molecular flexibility index (Phi) is 4.10. The van der Waals surface area contributed by atoms with Crippen molar-refractivity contribution in [1.29, 1.82) is 0 Å². The molecule has 0 atom stereocenters. The molecule has 4 aromatic rings. The van der Waals surface area contributed by atoms with E-state index in [1.54, 1.807) is 42.9 Å². The van der Waals surface area contributed by atoms with Crippen molar-refractivity contribution < 1.29 is 14.3 Å². The Hall–Kier alpha value is -3.26. The third-order valence-electron chi connectivity index (χ3n) is 3.95. The maximum absolute atomic E-state index is 13.2. The fourth-order valence-corrected chi connectivity index (χ4v) is 3.69. The highest BCUT2D eigenvalue weighted by molar-refractivity contribution is 7.17. The van der Waals surface area contributed by atoms with Gasteiger partial charge in [0.1, 0.15) is 16.4 Å². The zero-order valence-electron chi connectivity index (χ0n) is 13.5. The number of aliphatic carboxylic acids is 1. The molecular formula is C18H13N3O4S. The van der Waals surface area contributed by atoms with E-state index in [-0.39, 0.29) is 18.5 Å². The number of aromatic nitrogens is 3. The number of hydrogen-bond acceptors (Lipinski definition) is 6. The summed E-state index contributed by atoms with van der Waals surface area (Å²) in [6.45, 7) is 0.0226. The predicted molar refractivity (Wildman–Crippen MR) is 97.1 cm³/mol. The van der Waals surface area contributed by atoms with E-state index >= 15 is 0 Å². The van der Waals surface area contributed by atoms with Crippen LogP contribution in [0.4, 0.5) is 0 Å². The molecule has 0 fully saturated rings. The molecule has 0 aliphatic heterocycles.